The molecule has 3 rings (SSSR count). The molecule has 0 spiro atoms. The number of hydrogen-bond acceptors (Lipinski definition) is 5. The monoisotopic (exact) mass is 428 g/mol. The van der Waals surface area contributed by atoms with Crippen LogP contribution in [0.3, 0.4) is 0 Å². The maximum atomic E-state index is 13.1. The summed E-state index contributed by atoms with van der Waals surface area (Å²) < 4.78 is 30.3. The van der Waals surface area contributed by atoms with Crippen molar-refractivity contribution in [2.24, 2.45) is 12.2 Å². The van der Waals surface area contributed by atoms with Gasteiger partial charge in [-0.25, -0.2) is 13.6 Å². The van der Waals surface area contributed by atoms with Crippen molar-refractivity contribution in [1.82, 2.24) is 4.57 Å². The van der Waals surface area contributed by atoms with Gasteiger partial charge in [0.2, 0.25) is 15.8 Å². The number of hydrogen-bond donors (Lipinski definition) is 2. The fourth-order valence-corrected chi connectivity index (χ4v) is 4.56. The van der Waals surface area contributed by atoms with E-state index in [4.69, 9.17) is 9.88 Å². The number of nitrogens with zero attached hydrogens (tertiary/aromatic N) is 1. The highest BCUT2D eigenvalue weighted by Crippen LogP contribution is 2.33. The maximum absolute atomic E-state index is 13.1. The van der Waals surface area contributed by atoms with Gasteiger partial charge in [0.25, 0.3) is 0 Å². The molecule has 0 amide bonds. The van der Waals surface area contributed by atoms with Crippen LogP contribution in [0, 0.1) is 0 Å². The number of para-hydroxylation sites is 1. The zero-order valence-corrected chi connectivity index (χ0v) is 17.6. The van der Waals surface area contributed by atoms with E-state index < -0.39 is 21.4 Å². The number of rotatable bonds is 8. The lowest BCUT2D eigenvalue weighted by Gasteiger charge is -2.30. The van der Waals surface area contributed by atoms with E-state index in [1.165, 1.54) is 7.11 Å². The highest BCUT2D eigenvalue weighted by Gasteiger charge is 2.44. The zero-order chi connectivity index (χ0) is 21.9. The van der Waals surface area contributed by atoms with Crippen LogP contribution < -0.4 is 9.88 Å². The van der Waals surface area contributed by atoms with Gasteiger partial charge in [-0.15, -0.1) is 0 Å². The first-order valence-corrected chi connectivity index (χ1v) is 10.8. The summed E-state index contributed by atoms with van der Waals surface area (Å²) >= 11 is 0. The summed E-state index contributed by atoms with van der Waals surface area (Å²) in [4.78, 5) is 13.1. The van der Waals surface area contributed by atoms with E-state index in [9.17, 15) is 18.3 Å². The van der Waals surface area contributed by atoms with Crippen molar-refractivity contribution < 1.29 is 23.1 Å². The van der Waals surface area contributed by atoms with Crippen molar-refractivity contribution in [3.8, 4) is 5.75 Å². The molecule has 3 aromatic rings. The quantitative estimate of drug-likeness (QED) is 0.533. The van der Waals surface area contributed by atoms with Gasteiger partial charge < -0.3 is 14.4 Å². The average Bonchev–Trinajstić information content (AvgIpc) is 3.11. The molecule has 0 fully saturated rings. The van der Waals surface area contributed by atoms with Crippen LogP contribution in [0.1, 0.15) is 27.3 Å². The van der Waals surface area contributed by atoms with E-state index in [0.29, 0.717) is 28.3 Å². The van der Waals surface area contributed by atoms with Gasteiger partial charge in [0, 0.05) is 19.2 Å². The van der Waals surface area contributed by atoms with Crippen molar-refractivity contribution in [2.75, 3.05) is 13.7 Å². The fraction of sp³-hybridized carbons (Fsp3) is 0.227. The number of aliphatic hydroxyl groups excluding tert-OH is 1. The first kappa shape index (κ1) is 21.8. The molecule has 0 saturated heterocycles. The van der Waals surface area contributed by atoms with Gasteiger partial charge in [-0.05, 0) is 29.8 Å². The second kappa shape index (κ2) is 8.43. The summed E-state index contributed by atoms with van der Waals surface area (Å²) in [6, 6.07) is 18.5. The Bertz CT molecular complexity index is 1160. The smallest absolute Gasteiger partial charge is 0.221 e. The van der Waals surface area contributed by atoms with Gasteiger partial charge in [-0.3, -0.25) is 4.79 Å². The minimum atomic E-state index is -4.19. The van der Waals surface area contributed by atoms with E-state index in [2.05, 4.69) is 0 Å². The van der Waals surface area contributed by atoms with E-state index >= 15 is 0 Å². The molecule has 0 aliphatic heterocycles. The van der Waals surface area contributed by atoms with Crippen molar-refractivity contribution >= 4 is 15.8 Å². The predicted octanol–water partition coefficient (Wildman–Crippen LogP) is 1.98. The lowest BCUT2D eigenvalue weighted by atomic mass is 9.94. The molecule has 0 radical (unpaired) electrons. The topological polar surface area (TPSA) is 112 Å². The molecule has 1 atom stereocenters. The lowest BCUT2D eigenvalue weighted by molar-refractivity contribution is 0.102. The molecule has 7 nitrogen and oxygen atoms in total. The Labute approximate surface area is 175 Å². The molecule has 8 heteroatoms. The zero-order valence-electron chi connectivity index (χ0n) is 16.8. The van der Waals surface area contributed by atoms with Crippen molar-refractivity contribution in [1.29, 1.82) is 0 Å². The fourth-order valence-electron chi connectivity index (χ4n) is 3.57. The number of sulfonamides is 1. The molecular formula is C22H24N2O5S. The van der Waals surface area contributed by atoms with Gasteiger partial charge in [-0.2, -0.15) is 0 Å². The van der Waals surface area contributed by atoms with Crippen LogP contribution in [0.2, 0.25) is 0 Å². The number of carbonyl (C=O) groups excluding carboxylic acids is 1. The summed E-state index contributed by atoms with van der Waals surface area (Å²) in [7, 11) is -1.02. The Morgan fingerprint density at radius 3 is 2.30 bits per heavy atom. The molecule has 0 aliphatic carbocycles. The highest BCUT2D eigenvalue weighted by atomic mass is 32.2. The minimum absolute atomic E-state index is 0.0952. The third-order valence-corrected chi connectivity index (χ3v) is 6.98. The number of primary sulfonamides is 1. The molecule has 0 saturated carbocycles. The molecule has 0 aliphatic rings. The summed E-state index contributed by atoms with van der Waals surface area (Å²) in [6.07, 6.45) is -0.0952. The number of nitrogens with two attached hydrogens (primary N) is 1. The lowest BCUT2D eigenvalue weighted by Crippen LogP contribution is -2.46. The third kappa shape index (κ3) is 3.77. The van der Waals surface area contributed by atoms with E-state index in [1.54, 1.807) is 78.3 Å². The first-order chi connectivity index (χ1) is 14.2. The molecule has 1 aromatic heterocycles. The largest absolute Gasteiger partial charge is 0.496 e. The Hall–Kier alpha value is -2.94. The first-order valence-electron chi connectivity index (χ1n) is 9.26. The van der Waals surface area contributed by atoms with Crippen molar-refractivity contribution in [3.05, 3.63) is 89.2 Å². The van der Waals surface area contributed by atoms with Crippen molar-refractivity contribution in [3.63, 3.8) is 0 Å². The number of benzene rings is 2. The van der Waals surface area contributed by atoms with Gasteiger partial charge in [0.15, 0.2) is 0 Å². The molecule has 158 valence electrons. The SMILES string of the molecule is COc1ccccc1C(=O)c1ccc(CC(CO)(c2ccccc2)S(N)(=O)=O)n1C. The predicted molar refractivity (Wildman–Crippen MR) is 114 cm³/mol. The van der Waals surface area contributed by atoms with Crippen molar-refractivity contribution in [2.45, 2.75) is 11.2 Å². The molecular weight excluding hydrogens is 404 g/mol. The van der Waals surface area contributed by atoms with E-state index in [-0.39, 0.29) is 12.2 Å². The third-order valence-electron chi connectivity index (χ3n) is 5.38. The molecule has 0 bridgehead atoms. The van der Waals surface area contributed by atoms with Gasteiger partial charge in [0.05, 0.1) is 25.0 Å². The van der Waals surface area contributed by atoms with Crippen LogP contribution >= 0.6 is 0 Å². The summed E-state index contributed by atoms with van der Waals surface area (Å²) in [5.41, 5.74) is 1.69. The van der Waals surface area contributed by atoms with Crippen LogP contribution in [0.15, 0.2) is 66.7 Å². The van der Waals surface area contributed by atoms with Gasteiger partial charge in [0.1, 0.15) is 10.5 Å². The normalized spacial score (nSPS) is 13.6. The molecule has 2 aromatic carbocycles. The number of aromatic nitrogens is 1. The van der Waals surface area contributed by atoms with Crippen LogP contribution in [-0.2, 0) is 28.2 Å². The number of methoxy groups -OCH3 is 1. The molecule has 1 heterocycles. The van der Waals surface area contributed by atoms with Crippen LogP contribution in [0.4, 0.5) is 0 Å². The Morgan fingerprint density at radius 2 is 1.70 bits per heavy atom. The molecule has 1 unspecified atom stereocenters. The van der Waals surface area contributed by atoms with E-state index in [0.717, 1.165) is 0 Å². The van der Waals surface area contributed by atoms with Gasteiger partial charge in [-0.1, -0.05) is 42.5 Å². The van der Waals surface area contributed by atoms with Gasteiger partial charge >= 0.3 is 0 Å². The molecule has 3 N–H and O–H groups in total. The van der Waals surface area contributed by atoms with E-state index in [1.807, 2.05) is 0 Å². The summed E-state index contributed by atoms with van der Waals surface area (Å²) in [6.45, 7) is -0.698. The van der Waals surface area contributed by atoms with Crippen LogP contribution in [0.5, 0.6) is 5.75 Å². The standard InChI is InChI=1S/C22H24N2O5S/c1-24-17(12-13-19(24)21(26)18-10-6-7-11-20(18)29-2)14-22(15-25,30(23,27)28)16-8-4-3-5-9-16/h3-13,25H,14-15H2,1-2H3,(H2,23,27,28). The number of ether oxygens (including phenoxy) is 1. The second-order valence-corrected chi connectivity index (χ2v) is 8.91. The molecule has 30 heavy (non-hydrogen) atoms. The summed E-state index contributed by atoms with van der Waals surface area (Å²) in [5, 5.41) is 15.7. The number of ketones is 1. The second-order valence-electron chi connectivity index (χ2n) is 7.04. The van der Waals surface area contributed by atoms with Crippen LogP contribution in [0.25, 0.3) is 0 Å². The minimum Gasteiger partial charge on any atom is -0.496 e. The Morgan fingerprint density at radius 1 is 1.07 bits per heavy atom. The average molecular weight is 429 g/mol. The summed E-state index contributed by atoms with van der Waals surface area (Å²) in [5.74, 6) is 0.190. The number of carbonyl (C=O) groups is 1. The number of aliphatic hydroxyl groups is 1. The highest BCUT2D eigenvalue weighted by molar-refractivity contribution is 7.90. The maximum Gasteiger partial charge on any atom is 0.221 e. The van der Waals surface area contributed by atoms with Crippen LogP contribution in [-0.4, -0.2) is 37.6 Å². The Balaban J connectivity index is 2.05. The Kier molecular flexibility index (Phi) is 6.12.